The smallest absolute Gasteiger partial charge is 0.261 e. The van der Waals surface area contributed by atoms with Crippen LogP contribution in [0.2, 0.25) is 10.0 Å². The number of halogens is 2. The van der Waals surface area contributed by atoms with E-state index < -0.39 is 6.04 Å². The molecule has 0 fully saturated rings. The summed E-state index contributed by atoms with van der Waals surface area (Å²) in [5.74, 6) is 0.0473. The predicted molar refractivity (Wildman–Crippen MR) is 130 cm³/mol. The van der Waals surface area contributed by atoms with Gasteiger partial charge in [-0.15, -0.1) is 0 Å². The molecule has 1 N–H and O–H groups in total. The Balaban J connectivity index is 2.29. The van der Waals surface area contributed by atoms with Crippen LogP contribution in [0.25, 0.3) is 0 Å². The minimum atomic E-state index is -0.737. The zero-order valence-electron chi connectivity index (χ0n) is 19.5. The number of rotatable bonds is 8. The number of ether oxygens (including phenoxy) is 1. The highest BCUT2D eigenvalue weighted by Gasteiger charge is 2.28. The lowest BCUT2D eigenvalue weighted by Crippen LogP contribution is -2.50. The summed E-state index contributed by atoms with van der Waals surface area (Å²) in [4.78, 5) is 27.4. The van der Waals surface area contributed by atoms with Crippen LogP contribution in [-0.4, -0.2) is 35.4 Å². The van der Waals surface area contributed by atoms with E-state index >= 15 is 0 Å². The van der Waals surface area contributed by atoms with E-state index in [1.54, 1.807) is 25.1 Å². The number of carbonyl (C=O) groups is 2. The van der Waals surface area contributed by atoms with Gasteiger partial charge in [-0.2, -0.15) is 0 Å². The Morgan fingerprint density at radius 3 is 2.16 bits per heavy atom. The van der Waals surface area contributed by atoms with Crippen molar-refractivity contribution >= 4 is 35.0 Å². The van der Waals surface area contributed by atoms with Crippen molar-refractivity contribution in [3.63, 3.8) is 0 Å². The first-order valence-corrected chi connectivity index (χ1v) is 11.4. The second-order valence-electron chi connectivity index (χ2n) is 9.10. The van der Waals surface area contributed by atoms with Gasteiger partial charge in [0.1, 0.15) is 11.8 Å². The maximum Gasteiger partial charge on any atom is 0.261 e. The van der Waals surface area contributed by atoms with Crippen LogP contribution in [0.1, 0.15) is 52.7 Å². The summed E-state index contributed by atoms with van der Waals surface area (Å²) in [6.45, 7) is 11.6. The minimum absolute atomic E-state index is 0.0549. The molecule has 0 spiro atoms. The van der Waals surface area contributed by atoms with Crippen molar-refractivity contribution in [3.05, 3.63) is 63.6 Å². The lowest BCUT2D eigenvalue weighted by Gasteiger charge is -2.30. The standard InChI is InChI=1S/C25H32Cl2N2O3/c1-16(2)28-24(31)17(3)29(14-18-20(26)11-9-12-21(18)27)23(30)15-32-22-13-8-7-10-19(22)25(4,5)6/h7-13,16-17H,14-15H2,1-6H3,(H,28,31)/t17-/m0/s1. The van der Waals surface area contributed by atoms with Crippen LogP contribution in [0.3, 0.4) is 0 Å². The van der Waals surface area contributed by atoms with E-state index in [9.17, 15) is 9.59 Å². The fourth-order valence-electron chi connectivity index (χ4n) is 3.28. The number of nitrogens with zero attached hydrogens (tertiary/aromatic N) is 1. The van der Waals surface area contributed by atoms with Gasteiger partial charge in [0.15, 0.2) is 6.61 Å². The van der Waals surface area contributed by atoms with Gasteiger partial charge >= 0.3 is 0 Å². The highest BCUT2D eigenvalue weighted by molar-refractivity contribution is 6.36. The molecule has 0 bridgehead atoms. The molecule has 0 heterocycles. The third-order valence-electron chi connectivity index (χ3n) is 5.03. The summed E-state index contributed by atoms with van der Waals surface area (Å²) in [5, 5.41) is 3.73. The number of carbonyl (C=O) groups excluding carboxylic acids is 2. The lowest BCUT2D eigenvalue weighted by atomic mass is 9.86. The Morgan fingerprint density at radius 1 is 1.00 bits per heavy atom. The van der Waals surface area contributed by atoms with E-state index in [4.69, 9.17) is 27.9 Å². The normalized spacial score (nSPS) is 12.4. The molecule has 0 saturated heterocycles. The molecule has 2 aromatic rings. The van der Waals surface area contributed by atoms with Gasteiger partial charge in [-0.3, -0.25) is 9.59 Å². The Labute approximate surface area is 201 Å². The SMILES string of the molecule is CC(C)NC(=O)[C@H](C)N(Cc1c(Cl)cccc1Cl)C(=O)COc1ccccc1C(C)(C)C. The molecule has 0 aliphatic heterocycles. The maximum atomic E-state index is 13.3. The molecular formula is C25H32Cl2N2O3. The van der Waals surface area contributed by atoms with Crippen molar-refractivity contribution in [2.45, 2.75) is 65.6 Å². The van der Waals surface area contributed by atoms with Gasteiger partial charge in [0.05, 0.1) is 0 Å². The highest BCUT2D eigenvalue weighted by atomic mass is 35.5. The number of benzene rings is 2. The summed E-state index contributed by atoms with van der Waals surface area (Å²) >= 11 is 12.7. The van der Waals surface area contributed by atoms with Crippen LogP contribution in [0, 0.1) is 0 Å². The van der Waals surface area contributed by atoms with Crippen molar-refractivity contribution in [2.24, 2.45) is 0 Å². The Bertz CT molecular complexity index is 934. The molecule has 1 atom stereocenters. The van der Waals surface area contributed by atoms with Crippen LogP contribution in [0.4, 0.5) is 0 Å². The predicted octanol–water partition coefficient (Wildman–Crippen LogP) is 5.61. The number of hydrogen-bond acceptors (Lipinski definition) is 3. The second-order valence-corrected chi connectivity index (χ2v) is 9.91. The highest BCUT2D eigenvalue weighted by Crippen LogP contribution is 2.31. The zero-order chi connectivity index (χ0) is 24.1. The molecule has 0 saturated carbocycles. The molecule has 0 aliphatic rings. The van der Waals surface area contributed by atoms with Gasteiger partial charge in [0, 0.05) is 28.2 Å². The average Bonchev–Trinajstić information content (AvgIpc) is 2.70. The van der Waals surface area contributed by atoms with Crippen LogP contribution < -0.4 is 10.1 Å². The topological polar surface area (TPSA) is 58.6 Å². The van der Waals surface area contributed by atoms with E-state index in [-0.39, 0.29) is 36.4 Å². The van der Waals surface area contributed by atoms with Crippen LogP contribution in [-0.2, 0) is 21.5 Å². The molecule has 32 heavy (non-hydrogen) atoms. The lowest BCUT2D eigenvalue weighted by molar-refractivity contribution is -0.142. The van der Waals surface area contributed by atoms with Crippen LogP contribution >= 0.6 is 23.2 Å². The molecule has 0 aromatic heterocycles. The summed E-state index contributed by atoms with van der Waals surface area (Å²) in [7, 11) is 0. The van der Waals surface area contributed by atoms with Crippen molar-refractivity contribution < 1.29 is 14.3 Å². The minimum Gasteiger partial charge on any atom is -0.483 e. The summed E-state index contributed by atoms with van der Waals surface area (Å²) < 4.78 is 5.93. The summed E-state index contributed by atoms with van der Waals surface area (Å²) in [5.41, 5.74) is 1.44. The fraction of sp³-hybridized carbons (Fsp3) is 0.440. The van der Waals surface area contributed by atoms with Gasteiger partial charge in [-0.1, -0.05) is 68.2 Å². The molecule has 0 unspecified atom stereocenters. The van der Waals surface area contributed by atoms with Gasteiger partial charge in [0.25, 0.3) is 5.91 Å². The molecule has 2 aromatic carbocycles. The molecule has 7 heteroatoms. The molecule has 0 radical (unpaired) electrons. The van der Waals surface area contributed by atoms with Crippen molar-refractivity contribution in [3.8, 4) is 5.75 Å². The molecule has 5 nitrogen and oxygen atoms in total. The average molecular weight is 479 g/mol. The van der Waals surface area contributed by atoms with Gasteiger partial charge < -0.3 is 15.0 Å². The quantitative estimate of drug-likeness (QED) is 0.535. The van der Waals surface area contributed by atoms with Crippen LogP contribution in [0.15, 0.2) is 42.5 Å². The van der Waals surface area contributed by atoms with Crippen molar-refractivity contribution in [1.29, 1.82) is 0 Å². The van der Waals surface area contributed by atoms with E-state index in [0.29, 0.717) is 21.4 Å². The first-order chi connectivity index (χ1) is 14.9. The van der Waals surface area contributed by atoms with Gasteiger partial charge in [0.2, 0.25) is 5.91 Å². The monoisotopic (exact) mass is 478 g/mol. The van der Waals surface area contributed by atoms with E-state index in [1.165, 1.54) is 4.90 Å². The third-order valence-corrected chi connectivity index (χ3v) is 5.74. The Kier molecular flexibility index (Phi) is 8.99. The van der Waals surface area contributed by atoms with Crippen LogP contribution in [0.5, 0.6) is 5.75 Å². The molecule has 174 valence electrons. The molecule has 2 amide bonds. The van der Waals surface area contributed by atoms with Gasteiger partial charge in [-0.05, 0) is 49.9 Å². The molecule has 0 aliphatic carbocycles. The largest absolute Gasteiger partial charge is 0.483 e. The van der Waals surface area contributed by atoms with E-state index in [1.807, 2.05) is 38.1 Å². The van der Waals surface area contributed by atoms with Crippen molar-refractivity contribution in [2.75, 3.05) is 6.61 Å². The number of nitrogens with one attached hydrogen (secondary N) is 1. The second kappa shape index (κ2) is 11.1. The van der Waals surface area contributed by atoms with Gasteiger partial charge in [-0.25, -0.2) is 0 Å². The fourth-order valence-corrected chi connectivity index (χ4v) is 3.79. The Hall–Kier alpha value is -2.24. The molecule has 2 rings (SSSR count). The maximum absolute atomic E-state index is 13.3. The summed E-state index contributed by atoms with van der Waals surface area (Å²) in [6.07, 6.45) is 0. The third kappa shape index (κ3) is 6.88. The Morgan fingerprint density at radius 2 is 1.59 bits per heavy atom. The summed E-state index contributed by atoms with van der Waals surface area (Å²) in [6, 6.07) is 12.0. The first-order valence-electron chi connectivity index (χ1n) is 10.7. The number of hydrogen-bond donors (Lipinski definition) is 1. The van der Waals surface area contributed by atoms with Crippen molar-refractivity contribution in [1.82, 2.24) is 10.2 Å². The van der Waals surface area contributed by atoms with E-state index in [2.05, 4.69) is 26.1 Å². The zero-order valence-corrected chi connectivity index (χ0v) is 21.1. The van der Waals surface area contributed by atoms with E-state index in [0.717, 1.165) is 5.56 Å². The molecular weight excluding hydrogens is 447 g/mol. The first kappa shape index (κ1) is 26.0. The number of para-hydroxylation sites is 1. The number of amides is 2.